The molecular weight excluding hydrogens is 1210 g/mol. The number of nitrogens with one attached hydrogen (secondary N) is 7. The maximum Gasteiger partial charge on any atom is 0.326 e. The average Bonchev–Trinajstić information content (AvgIpc) is 1.63. The van der Waals surface area contributed by atoms with Gasteiger partial charge in [-0.15, -0.1) is 0 Å². The minimum absolute atomic E-state index is 0.00217. The molecule has 1 aliphatic rings. The molecule has 0 bridgehead atoms. The van der Waals surface area contributed by atoms with Gasteiger partial charge in [-0.25, -0.2) is 19.7 Å². The molecule has 3 heterocycles. The first-order chi connectivity index (χ1) is 43.6. The number of aromatic nitrogens is 4. The van der Waals surface area contributed by atoms with Gasteiger partial charge in [0.1, 0.15) is 60.3 Å². The molecule has 10 unspecified atom stereocenters. The van der Waals surface area contributed by atoms with E-state index in [1.807, 2.05) is 0 Å². The molecule has 2 aromatic rings. The van der Waals surface area contributed by atoms with Crippen LogP contribution in [0.5, 0.6) is 0 Å². The number of anilines is 1. The van der Waals surface area contributed by atoms with Crippen LogP contribution in [0.3, 0.4) is 0 Å². The van der Waals surface area contributed by atoms with Gasteiger partial charge in [-0.2, -0.15) is 0 Å². The van der Waals surface area contributed by atoms with E-state index in [1.165, 1.54) is 17.2 Å². The molecule has 0 aliphatic carbocycles. The Bertz CT molecular complexity index is 2950. The van der Waals surface area contributed by atoms with Crippen LogP contribution >= 0.6 is 0 Å². The van der Waals surface area contributed by atoms with Crippen LogP contribution in [0.15, 0.2) is 42.6 Å². The lowest BCUT2D eigenvalue weighted by molar-refractivity contribution is -0.142. The first-order valence-electron chi connectivity index (χ1n) is 29.2. The van der Waals surface area contributed by atoms with Gasteiger partial charge >= 0.3 is 5.97 Å². The van der Waals surface area contributed by atoms with Gasteiger partial charge < -0.3 is 132 Å². The minimum Gasteiger partial charge on any atom is -0.480 e. The van der Waals surface area contributed by atoms with E-state index in [4.69, 9.17) is 79.3 Å². The Morgan fingerprint density at radius 3 is 1.16 bits per heavy atom. The van der Waals surface area contributed by atoms with Crippen molar-refractivity contribution in [1.82, 2.24) is 56.7 Å². The molecule has 3 rings (SSSR count). The molecule has 42 nitrogen and oxygen atoms in total. The number of hydrogen-bond donors (Lipinski definition) is 23. The predicted molar refractivity (Wildman–Crippen MR) is 337 cm³/mol. The monoisotopic (exact) mass is 1300 g/mol. The number of nitrogens with zero attached hydrogens (tertiary/aromatic N) is 10. The second-order valence-electron chi connectivity index (χ2n) is 20.9. The largest absolute Gasteiger partial charge is 0.480 e. The lowest BCUT2D eigenvalue weighted by Gasteiger charge is -2.27. The molecule has 0 saturated carbocycles. The SMILES string of the molecule is NC(N)=NCCCC(NC(=O)C(CCCN=C(N)N)NC(=O)C(CCCN=C(N)N)NC(=O)C(CCCN=C(N)N)NC(=O)C(CCCN=C(N)N)NC(=O)C(CCCN=C(N)N)NC(=O)CCCNC(=O)C1OC(n2cnc3c(N)ncnc32)C(O)C1O)C(=O)O. The number of nitrogen functional groups attached to an aromatic ring is 1. The highest BCUT2D eigenvalue weighted by Gasteiger charge is 2.48. The number of rotatable bonds is 42. The number of carboxylic acid groups (broad SMARTS) is 1. The van der Waals surface area contributed by atoms with Crippen LogP contribution in [0, 0.1) is 0 Å². The highest BCUT2D eigenvalue weighted by molar-refractivity contribution is 5.97. The number of amides is 7. The lowest BCUT2D eigenvalue weighted by atomic mass is 10.0. The third-order valence-electron chi connectivity index (χ3n) is 13.5. The summed E-state index contributed by atoms with van der Waals surface area (Å²) >= 11 is 0. The summed E-state index contributed by atoms with van der Waals surface area (Å²) in [5.41, 5.74) is 72.3. The second kappa shape index (κ2) is 39.6. The van der Waals surface area contributed by atoms with Crippen LogP contribution in [0.25, 0.3) is 11.2 Å². The van der Waals surface area contributed by atoms with Crippen molar-refractivity contribution < 1.29 is 58.4 Å². The summed E-state index contributed by atoms with van der Waals surface area (Å²) in [6, 6.07) is -8.71. The van der Waals surface area contributed by atoms with Crippen molar-refractivity contribution in [2.24, 2.45) is 98.8 Å². The molecular formula is C50H90N30O12. The molecule has 1 aliphatic heterocycles. The summed E-state index contributed by atoms with van der Waals surface area (Å²) in [6.07, 6.45) is -4.28. The van der Waals surface area contributed by atoms with Gasteiger partial charge in [-0.1, -0.05) is 0 Å². The van der Waals surface area contributed by atoms with E-state index in [1.54, 1.807) is 0 Å². The molecule has 2 aromatic heterocycles. The first kappa shape index (κ1) is 75.9. The number of fused-ring (bicyclic) bond motifs is 1. The summed E-state index contributed by atoms with van der Waals surface area (Å²) in [7, 11) is 0. The predicted octanol–water partition coefficient (Wildman–Crippen LogP) is -10.8. The number of aliphatic hydroxyl groups is 2. The van der Waals surface area contributed by atoms with Crippen LogP contribution in [-0.2, 0) is 43.1 Å². The van der Waals surface area contributed by atoms with Crippen LogP contribution in [0.2, 0.25) is 0 Å². The van der Waals surface area contributed by atoms with Gasteiger partial charge in [0.05, 0.1) is 6.33 Å². The van der Waals surface area contributed by atoms with E-state index >= 15 is 0 Å². The van der Waals surface area contributed by atoms with Gasteiger partial charge in [0.25, 0.3) is 5.91 Å². The summed E-state index contributed by atoms with van der Waals surface area (Å²) < 4.78 is 7.03. The summed E-state index contributed by atoms with van der Waals surface area (Å²) in [5, 5.41) is 49.7. The third kappa shape index (κ3) is 27.6. The molecule has 0 spiro atoms. The van der Waals surface area contributed by atoms with Crippen LogP contribution in [0.4, 0.5) is 5.82 Å². The van der Waals surface area contributed by atoms with Crippen LogP contribution < -0.4 is 112 Å². The Balaban J connectivity index is 1.89. The molecule has 42 heteroatoms. The van der Waals surface area contributed by atoms with Gasteiger partial charge in [0, 0.05) is 52.2 Å². The number of imidazole rings is 1. The summed E-state index contributed by atoms with van der Waals surface area (Å²) in [6.45, 7) is -0.177. The number of carbonyl (C=O) groups is 8. The minimum atomic E-state index is -1.69. The normalized spacial score (nSPS) is 16.8. The highest BCUT2D eigenvalue weighted by Crippen LogP contribution is 2.32. The van der Waals surface area contributed by atoms with E-state index in [2.05, 4.69) is 82.1 Å². The summed E-state index contributed by atoms with van der Waals surface area (Å²) in [4.78, 5) is 146. The van der Waals surface area contributed by atoms with Gasteiger partial charge in [0.15, 0.2) is 59.6 Å². The highest BCUT2D eigenvalue weighted by atomic mass is 16.6. The summed E-state index contributed by atoms with van der Waals surface area (Å²) in [5.74, 6) is -9.02. The van der Waals surface area contributed by atoms with Crippen molar-refractivity contribution >= 4 is 100 Å². The maximum absolute atomic E-state index is 14.6. The maximum atomic E-state index is 14.6. The van der Waals surface area contributed by atoms with Crippen molar-refractivity contribution in [3.05, 3.63) is 12.7 Å². The molecule has 512 valence electrons. The molecule has 36 N–H and O–H groups in total. The van der Waals surface area contributed by atoms with Gasteiger partial charge in [-0.3, -0.25) is 68.1 Å². The smallest absolute Gasteiger partial charge is 0.326 e. The number of hydrogen-bond acceptors (Lipinski definition) is 21. The molecule has 0 radical (unpaired) electrons. The first-order valence-corrected chi connectivity index (χ1v) is 29.2. The molecule has 7 amide bonds. The Morgan fingerprint density at radius 1 is 0.478 bits per heavy atom. The molecule has 10 atom stereocenters. The zero-order valence-electron chi connectivity index (χ0n) is 50.8. The fraction of sp³-hybridized carbons (Fsp3) is 0.620. The lowest BCUT2D eigenvalue weighted by Crippen LogP contribution is -2.59. The Labute approximate surface area is 527 Å². The van der Waals surface area contributed by atoms with Crippen molar-refractivity contribution in [3.63, 3.8) is 0 Å². The van der Waals surface area contributed by atoms with Gasteiger partial charge in [0.2, 0.25) is 35.4 Å². The number of aliphatic imine (C=N–C) groups is 6. The topological polar surface area (TPSA) is 747 Å². The number of ether oxygens (including phenoxy) is 1. The quantitative estimate of drug-likeness (QED) is 0.0167. The Morgan fingerprint density at radius 2 is 0.815 bits per heavy atom. The third-order valence-corrected chi connectivity index (χ3v) is 13.5. The number of carboxylic acids is 1. The van der Waals surface area contributed by atoms with E-state index in [0.29, 0.717) is 0 Å². The molecule has 1 fully saturated rings. The standard InChI is InChI=1S/C50H90N30O12/c51-35-31-36(72-22-71-35)80(23-73-31)43-33(83)32(82)34(92-43)42(89)64-15-7-14-30(81)74-24(8-1-16-65-45(52)53)37(84)75-25(9-2-17-66-46(54)55)38(85)76-26(10-3-18-67-47(56)57)39(86)77-27(11-4-19-68-48(58)59)40(87)78-28(12-5-20-69-49(60)61)41(88)79-29(44(90)91)13-6-21-70-50(62)63/h22-29,32-34,43,82-83H,1-21H2,(H,64,89)(H,74,81)(H,75,84)(H,76,85)(H,77,86)(H,78,87)(H,79,88)(H,90,91)(H2,51,71,72)(H4,52,53,65)(H4,54,55,66)(H4,56,57,67)(H4,58,59,68)(H4,60,61,69)(H4,62,63,70). The average molecular weight is 1300 g/mol. The fourth-order valence-corrected chi connectivity index (χ4v) is 8.97. The number of carbonyl (C=O) groups excluding carboxylic acids is 7. The number of aliphatic hydroxyl groups excluding tert-OH is 2. The fourth-order valence-electron chi connectivity index (χ4n) is 8.97. The zero-order chi connectivity index (χ0) is 68.5. The molecule has 0 aromatic carbocycles. The number of aliphatic carboxylic acids is 1. The second-order valence-corrected chi connectivity index (χ2v) is 20.9. The van der Waals surface area contributed by atoms with E-state index < -0.39 is 108 Å². The van der Waals surface area contributed by atoms with Crippen molar-refractivity contribution in [1.29, 1.82) is 0 Å². The molecule has 1 saturated heterocycles. The van der Waals surface area contributed by atoms with Crippen molar-refractivity contribution in [2.45, 2.75) is 151 Å². The van der Waals surface area contributed by atoms with Crippen LogP contribution in [0.1, 0.15) is 96.1 Å². The Hall–Kier alpha value is -10.4. The Kier molecular flexibility index (Phi) is 32.6. The van der Waals surface area contributed by atoms with Crippen molar-refractivity contribution in [2.75, 3.05) is 51.5 Å². The van der Waals surface area contributed by atoms with Gasteiger partial charge in [-0.05, 0) is 83.5 Å². The number of guanidine groups is 6. The van der Waals surface area contributed by atoms with Crippen molar-refractivity contribution in [3.8, 4) is 0 Å². The van der Waals surface area contributed by atoms with Crippen LogP contribution in [-0.4, -0.2) is 218 Å². The van der Waals surface area contributed by atoms with E-state index in [9.17, 15) is 53.7 Å². The van der Waals surface area contributed by atoms with E-state index in [0.717, 1.165) is 0 Å². The van der Waals surface area contributed by atoms with E-state index in [-0.39, 0.29) is 188 Å². The molecule has 92 heavy (non-hydrogen) atoms. The zero-order valence-corrected chi connectivity index (χ0v) is 50.8. The number of nitrogens with two attached hydrogens (primary N) is 13.